The summed E-state index contributed by atoms with van der Waals surface area (Å²) in [5, 5.41) is 3.09. The van der Waals surface area contributed by atoms with Crippen LogP contribution < -0.4 is 11.1 Å². The Kier molecular flexibility index (Phi) is 11.9. The molecule has 9 heteroatoms. The third-order valence-corrected chi connectivity index (χ3v) is 6.51. The fourth-order valence-electron chi connectivity index (χ4n) is 4.25. The zero-order valence-corrected chi connectivity index (χ0v) is 21.9. The lowest BCUT2D eigenvalue weighted by Gasteiger charge is -2.26. The number of hydrogen-bond donors (Lipinski definition) is 2. The van der Waals surface area contributed by atoms with Crippen LogP contribution in [-0.4, -0.2) is 36.5 Å². The second kappa shape index (κ2) is 13.4. The van der Waals surface area contributed by atoms with Crippen LogP contribution in [-0.2, 0) is 22.8 Å². The minimum absolute atomic E-state index is 0. The summed E-state index contributed by atoms with van der Waals surface area (Å²) in [6.45, 7) is 6.30. The van der Waals surface area contributed by atoms with Gasteiger partial charge in [-0.15, -0.1) is 24.8 Å². The molecule has 0 bridgehead atoms. The predicted octanol–water partition coefficient (Wildman–Crippen LogP) is 6.01. The van der Waals surface area contributed by atoms with Gasteiger partial charge in [0.15, 0.2) is 0 Å². The first-order chi connectivity index (χ1) is 15.6. The summed E-state index contributed by atoms with van der Waals surface area (Å²) < 4.78 is 39.3. The summed E-state index contributed by atoms with van der Waals surface area (Å²) in [4.78, 5) is 15.0. The third kappa shape index (κ3) is 8.29. The number of rotatable bonds is 11. The number of nitrogens with one attached hydrogen (secondary N) is 1. The van der Waals surface area contributed by atoms with E-state index in [0.717, 1.165) is 43.9 Å². The monoisotopic (exact) mass is 533 g/mol. The molecule has 2 aromatic rings. The summed E-state index contributed by atoms with van der Waals surface area (Å²) >= 11 is 0. The number of alkyl halides is 3. The Morgan fingerprint density at radius 2 is 1.71 bits per heavy atom. The number of carbonyl (C=O) groups is 1. The minimum atomic E-state index is -4.44. The SMILES string of the molecule is CC(C)N(CCCCNC(=O)C1(c2ccccc2)CC1)CCc1ccc(N)c(C(F)(F)F)c1.Cl.Cl. The maximum absolute atomic E-state index is 13.1. The van der Waals surface area contributed by atoms with E-state index in [9.17, 15) is 18.0 Å². The molecule has 1 aliphatic rings. The van der Waals surface area contributed by atoms with Gasteiger partial charge in [-0.2, -0.15) is 13.2 Å². The van der Waals surface area contributed by atoms with Crippen LogP contribution in [0.1, 0.15) is 56.2 Å². The molecule has 1 saturated carbocycles. The topological polar surface area (TPSA) is 58.4 Å². The number of unbranched alkanes of at least 4 members (excludes halogenated alkanes) is 1. The Labute approximate surface area is 218 Å². The Morgan fingerprint density at radius 3 is 2.29 bits per heavy atom. The fourth-order valence-corrected chi connectivity index (χ4v) is 4.25. The highest BCUT2D eigenvalue weighted by Gasteiger charge is 2.50. The number of nitrogen functional groups attached to an aromatic ring is 1. The molecule has 2 aromatic carbocycles. The number of nitrogens with two attached hydrogens (primary N) is 1. The number of hydrogen-bond acceptors (Lipinski definition) is 3. The van der Waals surface area contributed by atoms with Crippen molar-refractivity contribution < 1.29 is 18.0 Å². The summed E-state index contributed by atoms with van der Waals surface area (Å²) in [6.07, 6.45) is -0.359. The number of amides is 1. The van der Waals surface area contributed by atoms with Crippen LogP contribution in [0, 0.1) is 0 Å². The van der Waals surface area contributed by atoms with Gasteiger partial charge in [-0.3, -0.25) is 4.79 Å². The van der Waals surface area contributed by atoms with Crippen LogP contribution in [0.15, 0.2) is 48.5 Å². The fraction of sp³-hybridized carbons (Fsp3) is 0.500. The van der Waals surface area contributed by atoms with Gasteiger partial charge < -0.3 is 16.0 Å². The second-order valence-corrected chi connectivity index (χ2v) is 9.21. The van der Waals surface area contributed by atoms with Crippen molar-refractivity contribution in [3.05, 3.63) is 65.2 Å². The quantitative estimate of drug-likeness (QED) is 0.274. The predicted molar refractivity (Wildman–Crippen MR) is 140 cm³/mol. The molecule has 0 aliphatic heterocycles. The average Bonchev–Trinajstić information content (AvgIpc) is 3.58. The lowest BCUT2D eigenvalue weighted by atomic mass is 9.95. The number of benzene rings is 2. The van der Waals surface area contributed by atoms with Crippen LogP contribution in [0.2, 0.25) is 0 Å². The Morgan fingerprint density at radius 1 is 1.06 bits per heavy atom. The van der Waals surface area contributed by atoms with Crippen molar-refractivity contribution in [1.82, 2.24) is 10.2 Å². The first-order valence-corrected chi connectivity index (χ1v) is 11.7. The van der Waals surface area contributed by atoms with E-state index in [1.54, 1.807) is 6.07 Å². The zero-order valence-electron chi connectivity index (χ0n) is 20.2. The van der Waals surface area contributed by atoms with Crippen LogP contribution in [0.4, 0.5) is 18.9 Å². The standard InChI is InChI=1S/C26H34F3N3O.2ClH/c1-19(2)32(17-12-20-10-11-23(30)22(18-20)26(27,28)29)16-7-6-15-31-24(33)25(13-14-25)21-8-4-3-5-9-21;;/h3-5,8-11,18-19H,6-7,12-17,30H2,1-2H3,(H,31,33);2*1H. The zero-order chi connectivity index (χ0) is 24.1. The van der Waals surface area contributed by atoms with Gasteiger partial charge in [0.05, 0.1) is 11.0 Å². The summed E-state index contributed by atoms with van der Waals surface area (Å²) in [7, 11) is 0. The van der Waals surface area contributed by atoms with Gasteiger partial charge in [0.2, 0.25) is 5.91 Å². The van der Waals surface area contributed by atoms with Crippen LogP contribution >= 0.6 is 24.8 Å². The lowest BCUT2D eigenvalue weighted by molar-refractivity contribution is -0.137. The maximum atomic E-state index is 13.1. The molecule has 0 radical (unpaired) electrons. The molecule has 3 rings (SSSR count). The van der Waals surface area contributed by atoms with Gasteiger partial charge in [-0.1, -0.05) is 36.4 Å². The van der Waals surface area contributed by atoms with E-state index in [-0.39, 0.29) is 47.9 Å². The minimum Gasteiger partial charge on any atom is -0.398 e. The summed E-state index contributed by atoms with van der Waals surface area (Å²) in [5.74, 6) is 0.109. The molecular formula is C26H36Cl2F3N3O. The van der Waals surface area contributed by atoms with Gasteiger partial charge >= 0.3 is 6.18 Å². The van der Waals surface area contributed by atoms with E-state index in [0.29, 0.717) is 25.1 Å². The molecule has 0 heterocycles. The first kappa shape index (κ1) is 31.1. The smallest absolute Gasteiger partial charge is 0.398 e. The van der Waals surface area contributed by atoms with Crippen LogP contribution in [0.3, 0.4) is 0 Å². The first-order valence-electron chi connectivity index (χ1n) is 11.7. The van der Waals surface area contributed by atoms with Crippen molar-refractivity contribution >= 4 is 36.4 Å². The molecule has 0 aromatic heterocycles. The van der Waals surface area contributed by atoms with E-state index < -0.39 is 11.7 Å². The van der Waals surface area contributed by atoms with Crippen molar-refractivity contribution in [2.24, 2.45) is 0 Å². The molecule has 35 heavy (non-hydrogen) atoms. The van der Waals surface area contributed by atoms with Crippen molar-refractivity contribution in [2.75, 3.05) is 25.4 Å². The van der Waals surface area contributed by atoms with Gasteiger partial charge in [0.1, 0.15) is 0 Å². The molecule has 0 saturated heterocycles. The largest absolute Gasteiger partial charge is 0.418 e. The number of carbonyl (C=O) groups excluding carboxylic acids is 1. The van der Waals surface area contributed by atoms with Crippen LogP contribution in [0.5, 0.6) is 0 Å². The van der Waals surface area contributed by atoms with Gasteiger partial charge in [0.25, 0.3) is 0 Å². The number of halogens is 5. The summed E-state index contributed by atoms with van der Waals surface area (Å²) in [5.41, 5.74) is 5.86. The third-order valence-electron chi connectivity index (χ3n) is 6.51. The van der Waals surface area contributed by atoms with E-state index >= 15 is 0 Å². The molecule has 196 valence electrons. The van der Waals surface area contributed by atoms with Crippen LogP contribution in [0.25, 0.3) is 0 Å². The highest BCUT2D eigenvalue weighted by Crippen LogP contribution is 2.48. The lowest BCUT2D eigenvalue weighted by Crippen LogP contribution is -2.36. The molecule has 1 fully saturated rings. The van der Waals surface area contributed by atoms with E-state index in [4.69, 9.17) is 5.73 Å². The maximum Gasteiger partial charge on any atom is 0.418 e. The highest BCUT2D eigenvalue weighted by molar-refractivity contribution is 5.91. The van der Waals surface area contributed by atoms with E-state index in [1.807, 2.05) is 30.3 Å². The Hall–Kier alpha value is -1.96. The van der Waals surface area contributed by atoms with Gasteiger partial charge in [0, 0.05) is 24.8 Å². The second-order valence-electron chi connectivity index (χ2n) is 9.21. The molecule has 3 N–H and O–H groups in total. The molecular weight excluding hydrogens is 498 g/mol. The molecule has 0 unspecified atom stereocenters. The van der Waals surface area contributed by atoms with E-state index in [2.05, 4.69) is 24.1 Å². The van der Waals surface area contributed by atoms with E-state index in [1.165, 1.54) is 6.07 Å². The normalized spacial score (nSPS) is 14.3. The number of anilines is 1. The Bertz CT molecular complexity index is 935. The Balaban J connectivity index is 0.00000306. The van der Waals surface area contributed by atoms with Crippen molar-refractivity contribution in [1.29, 1.82) is 0 Å². The molecule has 1 amide bonds. The van der Waals surface area contributed by atoms with Gasteiger partial charge in [-0.25, -0.2) is 0 Å². The number of nitrogens with zero attached hydrogens (tertiary/aromatic N) is 1. The highest BCUT2D eigenvalue weighted by atomic mass is 35.5. The van der Waals surface area contributed by atoms with Crippen molar-refractivity contribution in [3.8, 4) is 0 Å². The molecule has 0 spiro atoms. The molecule has 0 atom stereocenters. The van der Waals surface area contributed by atoms with Crippen molar-refractivity contribution in [3.63, 3.8) is 0 Å². The summed E-state index contributed by atoms with van der Waals surface area (Å²) in [6, 6.07) is 14.4. The molecule has 1 aliphatic carbocycles. The van der Waals surface area contributed by atoms with Crippen molar-refractivity contribution in [2.45, 2.75) is 63.6 Å². The molecule has 4 nitrogen and oxygen atoms in total. The average molecular weight is 534 g/mol. The van der Waals surface area contributed by atoms with Gasteiger partial charge in [-0.05, 0) is 75.8 Å².